The second-order valence-electron chi connectivity index (χ2n) is 17.6. The number of methoxy groups -OCH3 is 2. The van der Waals surface area contributed by atoms with E-state index in [4.69, 9.17) is 19.4 Å². The largest absolute Gasteiger partial charge is 0.453 e. The average Bonchev–Trinajstić information content (AvgIpc) is 3.85. The Morgan fingerprint density at radius 1 is 0.797 bits per heavy atom. The lowest BCUT2D eigenvalue weighted by Gasteiger charge is -2.31. The molecule has 4 fully saturated rings. The fourth-order valence-electron chi connectivity index (χ4n) is 8.86. The van der Waals surface area contributed by atoms with Gasteiger partial charge in [-0.1, -0.05) is 58.1 Å². The molecule has 2 spiro atoms. The van der Waals surface area contributed by atoms with E-state index in [9.17, 15) is 19.2 Å². The molecule has 4 aliphatic rings. The minimum absolute atomic E-state index is 0.0580. The highest BCUT2D eigenvalue weighted by molar-refractivity contribution is 5.87. The Hall–Kier alpha value is -5.84. The summed E-state index contributed by atoms with van der Waals surface area (Å²) in [6.07, 6.45) is 7.31. The number of hydrogen-bond donors (Lipinski definition) is 4. The first-order chi connectivity index (χ1) is 28.3. The number of fused-ring (bicyclic) bond motifs is 1. The van der Waals surface area contributed by atoms with Gasteiger partial charge in [-0.2, -0.15) is 0 Å². The third-order valence-electron chi connectivity index (χ3n) is 13.1. The SMILES string of the molecule is CC[C@H](C)[C@H](NC(=O)OC)C(=O)N1CC2(CC2)C[C@H]1c1ncc(-c2ccc(C#Cc3ccc4nc([C@@H]5CC6(CC6)CN5C(=O)[C@@H](NC(=O)OC)C(C)C)[nH]c4c3)cc2)[nH]1. The quantitative estimate of drug-likeness (QED) is 0.130. The van der Waals surface area contributed by atoms with E-state index in [1.807, 2.05) is 86.2 Å². The number of likely N-dealkylation sites (tertiary alicyclic amines) is 2. The van der Waals surface area contributed by atoms with Gasteiger partial charge in [0, 0.05) is 24.2 Å². The molecule has 5 atom stereocenters. The molecule has 2 saturated carbocycles. The molecule has 0 radical (unpaired) electrons. The lowest BCUT2D eigenvalue weighted by atomic mass is 9.97. The molecule has 2 aliphatic heterocycles. The summed E-state index contributed by atoms with van der Waals surface area (Å²) in [6.45, 7) is 9.12. The number of amides is 4. The molecule has 14 nitrogen and oxygen atoms in total. The number of rotatable bonds is 10. The number of aromatic nitrogens is 4. The van der Waals surface area contributed by atoms with Crippen LogP contribution in [0.3, 0.4) is 0 Å². The molecule has 4 aromatic rings. The van der Waals surface area contributed by atoms with E-state index in [1.165, 1.54) is 14.2 Å². The van der Waals surface area contributed by atoms with Gasteiger partial charge >= 0.3 is 12.2 Å². The highest BCUT2D eigenvalue weighted by Gasteiger charge is 2.56. The Morgan fingerprint density at radius 2 is 1.36 bits per heavy atom. The highest BCUT2D eigenvalue weighted by Crippen LogP contribution is 2.59. The number of H-pyrrole nitrogens is 2. The first kappa shape index (κ1) is 40.0. The highest BCUT2D eigenvalue weighted by atomic mass is 16.5. The van der Waals surface area contributed by atoms with Crippen LogP contribution in [0.1, 0.15) is 108 Å². The van der Waals surface area contributed by atoms with Crippen molar-refractivity contribution in [3.63, 3.8) is 0 Å². The second-order valence-corrected chi connectivity index (χ2v) is 17.6. The van der Waals surface area contributed by atoms with Crippen molar-refractivity contribution >= 4 is 35.0 Å². The van der Waals surface area contributed by atoms with Crippen LogP contribution in [0.15, 0.2) is 48.7 Å². The zero-order valence-electron chi connectivity index (χ0n) is 34.7. The smallest absolute Gasteiger partial charge is 0.407 e. The minimum Gasteiger partial charge on any atom is -0.453 e. The molecule has 0 unspecified atom stereocenters. The lowest BCUT2D eigenvalue weighted by Crippen LogP contribution is -2.51. The normalized spacial score (nSPS) is 21.2. The molecule has 4 N–H and O–H groups in total. The van der Waals surface area contributed by atoms with Gasteiger partial charge in [-0.15, -0.1) is 0 Å². The van der Waals surface area contributed by atoms with Crippen molar-refractivity contribution in [1.29, 1.82) is 0 Å². The molecule has 4 amide bonds. The van der Waals surface area contributed by atoms with Gasteiger partial charge < -0.3 is 39.9 Å². The van der Waals surface area contributed by atoms with Gasteiger partial charge in [0.15, 0.2) is 0 Å². The lowest BCUT2D eigenvalue weighted by molar-refractivity contribution is -0.136. The van der Waals surface area contributed by atoms with Crippen LogP contribution >= 0.6 is 0 Å². The van der Waals surface area contributed by atoms with Crippen molar-refractivity contribution in [3.8, 4) is 23.1 Å². The van der Waals surface area contributed by atoms with Crippen molar-refractivity contribution in [2.24, 2.45) is 22.7 Å². The summed E-state index contributed by atoms with van der Waals surface area (Å²) in [5, 5.41) is 5.53. The van der Waals surface area contributed by atoms with Gasteiger partial charge in [0.25, 0.3) is 0 Å². The third kappa shape index (κ3) is 8.12. The topological polar surface area (TPSA) is 175 Å². The first-order valence-electron chi connectivity index (χ1n) is 20.8. The number of nitrogens with zero attached hydrogens (tertiary/aromatic N) is 4. The molecule has 14 heteroatoms. The summed E-state index contributed by atoms with van der Waals surface area (Å²) in [5.41, 5.74) is 5.36. The van der Waals surface area contributed by atoms with Gasteiger partial charge in [-0.3, -0.25) is 9.59 Å². The van der Waals surface area contributed by atoms with Crippen LogP contribution in [0.2, 0.25) is 0 Å². The third-order valence-corrected chi connectivity index (χ3v) is 13.1. The van der Waals surface area contributed by atoms with Crippen LogP contribution in [0, 0.1) is 34.5 Å². The van der Waals surface area contributed by atoms with Gasteiger partial charge in [0.2, 0.25) is 11.8 Å². The predicted molar refractivity (Wildman–Crippen MR) is 221 cm³/mol. The maximum Gasteiger partial charge on any atom is 0.407 e. The summed E-state index contributed by atoms with van der Waals surface area (Å²) < 4.78 is 9.66. The summed E-state index contributed by atoms with van der Waals surface area (Å²) in [7, 11) is 2.61. The first-order valence-corrected chi connectivity index (χ1v) is 20.8. The van der Waals surface area contributed by atoms with E-state index in [-0.39, 0.29) is 46.6 Å². The van der Waals surface area contributed by atoms with E-state index in [1.54, 1.807) is 0 Å². The fraction of sp³-hybridized carbons (Fsp3) is 0.511. The summed E-state index contributed by atoms with van der Waals surface area (Å²) in [5.74, 6) is 7.67. The second kappa shape index (κ2) is 15.7. The van der Waals surface area contributed by atoms with Crippen LogP contribution in [0.25, 0.3) is 22.3 Å². The number of aromatic amines is 2. The molecule has 59 heavy (non-hydrogen) atoms. The molecular formula is C45H54N8O6. The van der Waals surface area contributed by atoms with Gasteiger partial charge in [0.05, 0.1) is 49.2 Å². The minimum atomic E-state index is -0.696. The predicted octanol–water partition coefficient (Wildman–Crippen LogP) is 6.61. The Morgan fingerprint density at radius 3 is 1.93 bits per heavy atom. The van der Waals surface area contributed by atoms with E-state index in [0.717, 1.165) is 90.0 Å². The monoisotopic (exact) mass is 802 g/mol. The fourth-order valence-corrected chi connectivity index (χ4v) is 8.86. The number of alkyl carbamates (subject to hydrolysis) is 2. The molecule has 0 bridgehead atoms. The van der Waals surface area contributed by atoms with Crippen LogP contribution in [-0.4, -0.2) is 93.1 Å². The Bertz CT molecular complexity index is 2310. The number of carbonyl (C=O) groups excluding carboxylic acids is 4. The molecule has 2 aromatic heterocycles. The molecule has 2 aromatic carbocycles. The Balaban J connectivity index is 0.958. The van der Waals surface area contributed by atoms with E-state index >= 15 is 0 Å². The van der Waals surface area contributed by atoms with Crippen LogP contribution < -0.4 is 10.6 Å². The average molecular weight is 803 g/mol. The van der Waals surface area contributed by atoms with Crippen molar-refractivity contribution < 1.29 is 28.7 Å². The molecule has 8 rings (SSSR count). The number of benzene rings is 2. The maximum atomic E-state index is 14.0. The van der Waals surface area contributed by atoms with E-state index in [2.05, 4.69) is 32.4 Å². The number of carbonyl (C=O) groups is 4. The molecule has 2 aliphatic carbocycles. The van der Waals surface area contributed by atoms with Crippen LogP contribution in [0.5, 0.6) is 0 Å². The van der Waals surface area contributed by atoms with E-state index in [0.29, 0.717) is 13.1 Å². The molecule has 310 valence electrons. The van der Waals surface area contributed by atoms with Crippen molar-refractivity contribution in [2.45, 2.75) is 96.8 Å². The van der Waals surface area contributed by atoms with Gasteiger partial charge in [0.1, 0.15) is 23.7 Å². The van der Waals surface area contributed by atoms with Crippen LogP contribution in [-0.2, 0) is 19.1 Å². The zero-order valence-corrected chi connectivity index (χ0v) is 34.7. The molecule has 4 heterocycles. The van der Waals surface area contributed by atoms with E-state index < -0.39 is 24.3 Å². The summed E-state index contributed by atoms with van der Waals surface area (Å²) in [4.78, 5) is 72.7. The van der Waals surface area contributed by atoms with Crippen molar-refractivity contribution in [3.05, 3.63) is 71.4 Å². The van der Waals surface area contributed by atoms with Gasteiger partial charge in [-0.05, 0) is 97.1 Å². The number of hydrogen-bond acceptors (Lipinski definition) is 8. The summed E-state index contributed by atoms with van der Waals surface area (Å²) >= 11 is 0. The number of ether oxygens (including phenoxy) is 2. The number of nitrogens with one attached hydrogen (secondary N) is 4. The van der Waals surface area contributed by atoms with Crippen LogP contribution in [0.4, 0.5) is 9.59 Å². The van der Waals surface area contributed by atoms with Gasteiger partial charge in [-0.25, -0.2) is 19.6 Å². The number of imidazole rings is 2. The van der Waals surface area contributed by atoms with Crippen molar-refractivity contribution in [1.82, 2.24) is 40.4 Å². The zero-order chi connectivity index (χ0) is 41.6. The molecular weight excluding hydrogens is 749 g/mol. The Labute approximate surface area is 344 Å². The van der Waals surface area contributed by atoms with Crippen molar-refractivity contribution in [2.75, 3.05) is 27.3 Å². The standard InChI is InChI=1S/C45H54N8O6/c1-7-27(4)37(51-43(57)59-6)41(55)52-24-44(16-17-44)21-34(52)38-46-23-33(49-38)30-13-10-28(11-14-30)8-9-29-12-15-31-32(20-29)48-39(47-31)35-22-45(18-19-45)25-53(35)40(54)36(26(2)3)50-42(56)58-5/h10-15,20,23,26-27,34-37H,7,16-19,21-22,24-25H2,1-6H3,(H,46,49)(H,47,48)(H,50,56)(H,51,57)/t27-,34-,35-,36-,37-/m0/s1. The maximum absolute atomic E-state index is 14.0. The Kier molecular flexibility index (Phi) is 10.7. The summed E-state index contributed by atoms with van der Waals surface area (Å²) in [6, 6.07) is 12.1. The molecule has 2 saturated heterocycles.